The van der Waals surface area contributed by atoms with Crippen molar-refractivity contribution >= 4 is 34.3 Å². The lowest BCUT2D eigenvalue weighted by molar-refractivity contribution is -0.118. The van der Waals surface area contributed by atoms with E-state index in [9.17, 15) is 9.59 Å². The molecular formula is C32H36N6O4. The molecule has 2 aliphatic heterocycles. The molecule has 2 saturated heterocycles. The van der Waals surface area contributed by atoms with Crippen LogP contribution in [0.15, 0.2) is 36.8 Å². The largest absolute Gasteiger partial charge is 0.444 e. The fraction of sp³-hybridized carbons (Fsp3) is 0.469. The number of carbonyl (C=O) groups excluding carboxylic acids is 2. The summed E-state index contributed by atoms with van der Waals surface area (Å²) < 4.78 is 11.0. The minimum absolute atomic E-state index is 0.0733. The van der Waals surface area contributed by atoms with Crippen LogP contribution in [0, 0.1) is 30.1 Å². The van der Waals surface area contributed by atoms with E-state index in [-0.39, 0.29) is 23.3 Å². The number of nitrogens with zero attached hydrogens (tertiary/aromatic N) is 5. The van der Waals surface area contributed by atoms with Gasteiger partial charge in [0, 0.05) is 66.4 Å². The number of rotatable bonds is 3. The molecule has 1 spiro atoms. The Morgan fingerprint density at radius 2 is 1.86 bits per heavy atom. The van der Waals surface area contributed by atoms with Crippen molar-refractivity contribution in [2.24, 2.45) is 11.3 Å². The summed E-state index contributed by atoms with van der Waals surface area (Å²) in [6, 6.07) is 5.82. The van der Waals surface area contributed by atoms with Gasteiger partial charge in [0.15, 0.2) is 0 Å². The lowest BCUT2D eigenvalue weighted by Gasteiger charge is -2.28. The second-order valence-corrected chi connectivity index (χ2v) is 12.4. The molecule has 0 bridgehead atoms. The number of fused-ring (bicyclic) bond motifs is 1. The maximum atomic E-state index is 13.2. The second kappa shape index (κ2) is 10.9. The molecule has 3 fully saturated rings. The Morgan fingerprint density at radius 3 is 2.60 bits per heavy atom. The molecule has 1 saturated carbocycles. The Morgan fingerprint density at radius 1 is 1.05 bits per heavy atom. The highest BCUT2D eigenvalue weighted by atomic mass is 16.6. The van der Waals surface area contributed by atoms with Gasteiger partial charge in [0.2, 0.25) is 5.91 Å². The summed E-state index contributed by atoms with van der Waals surface area (Å²) in [5, 5.41) is 4.75. The summed E-state index contributed by atoms with van der Waals surface area (Å²) in [6.07, 6.45) is 6.56. The number of likely N-dealkylation sites (tertiary alicyclic amines) is 1. The van der Waals surface area contributed by atoms with Crippen molar-refractivity contribution in [2.45, 2.75) is 46.1 Å². The maximum absolute atomic E-state index is 13.2. The lowest BCUT2D eigenvalue weighted by atomic mass is 10.0. The molecule has 218 valence electrons. The Labute approximate surface area is 245 Å². The first-order valence-corrected chi connectivity index (χ1v) is 14.5. The number of pyridine rings is 3. The van der Waals surface area contributed by atoms with E-state index in [0.717, 1.165) is 66.9 Å². The lowest BCUT2D eigenvalue weighted by Crippen LogP contribution is -2.36. The van der Waals surface area contributed by atoms with Crippen LogP contribution in [0.25, 0.3) is 10.8 Å². The van der Waals surface area contributed by atoms with Gasteiger partial charge in [-0.25, -0.2) is 14.8 Å². The highest BCUT2D eigenvalue weighted by Crippen LogP contribution is 2.59. The van der Waals surface area contributed by atoms with Gasteiger partial charge >= 0.3 is 6.09 Å². The number of hydrogen-bond donors (Lipinski definition) is 1. The molecule has 1 N–H and O–H groups in total. The fourth-order valence-corrected chi connectivity index (χ4v) is 5.80. The van der Waals surface area contributed by atoms with Gasteiger partial charge in [0.05, 0.1) is 30.7 Å². The molecule has 6 rings (SSSR count). The number of morpholine rings is 1. The van der Waals surface area contributed by atoms with Crippen LogP contribution in [0.1, 0.15) is 50.6 Å². The number of aryl methyl sites for hydroxylation is 1. The van der Waals surface area contributed by atoms with E-state index in [1.807, 2.05) is 52.1 Å². The minimum atomic E-state index is -0.545. The van der Waals surface area contributed by atoms with Crippen molar-refractivity contribution in [1.82, 2.24) is 19.9 Å². The van der Waals surface area contributed by atoms with Crippen LogP contribution >= 0.6 is 0 Å². The molecule has 3 aromatic heterocycles. The molecule has 2 atom stereocenters. The van der Waals surface area contributed by atoms with Crippen LogP contribution < -0.4 is 10.2 Å². The zero-order valence-electron chi connectivity index (χ0n) is 24.6. The van der Waals surface area contributed by atoms with Crippen LogP contribution in [-0.4, -0.2) is 76.8 Å². The molecule has 5 heterocycles. The van der Waals surface area contributed by atoms with Crippen molar-refractivity contribution < 1.29 is 19.1 Å². The van der Waals surface area contributed by atoms with Crippen LogP contribution in [0.3, 0.4) is 0 Å². The van der Waals surface area contributed by atoms with E-state index in [1.54, 1.807) is 17.3 Å². The third-order valence-corrected chi connectivity index (χ3v) is 8.22. The summed E-state index contributed by atoms with van der Waals surface area (Å²) in [7, 11) is 0. The quantitative estimate of drug-likeness (QED) is 0.470. The summed E-state index contributed by atoms with van der Waals surface area (Å²) in [5.41, 5.74) is 2.57. The molecule has 0 radical (unpaired) electrons. The molecule has 0 aromatic carbocycles. The minimum Gasteiger partial charge on any atom is -0.444 e. The van der Waals surface area contributed by atoms with Crippen LogP contribution in [0.4, 0.5) is 16.3 Å². The number of ether oxygens (including phenoxy) is 2. The van der Waals surface area contributed by atoms with Gasteiger partial charge in [-0.2, -0.15) is 0 Å². The van der Waals surface area contributed by atoms with E-state index < -0.39 is 5.60 Å². The third kappa shape index (κ3) is 5.88. The second-order valence-electron chi connectivity index (χ2n) is 12.4. The first kappa shape index (κ1) is 27.9. The summed E-state index contributed by atoms with van der Waals surface area (Å²) in [6.45, 7) is 11.8. The van der Waals surface area contributed by atoms with Crippen LogP contribution in [0.2, 0.25) is 0 Å². The monoisotopic (exact) mass is 568 g/mol. The van der Waals surface area contributed by atoms with Gasteiger partial charge in [-0.1, -0.05) is 5.92 Å². The highest BCUT2D eigenvalue weighted by Gasteiger charge is 2.61. The first-order chi connectivity index (χ1) is 20.1. The summed E-state index contributed by atoms with van der Waals surface area (Å²) in [4.78, 5) is 43.3. The van der Waals surface area contributed by atoms with E-state index in [1.165, 1.54) is 0 Å². The van der Waals surface area contributed by atoms with Crippen molar-refractivity contribution in [3.05, 3.63) is 53.7 Å². The normalized spacial score (nSPS) is 21.7. The number of amides is 2. The van der Waals surface area contributed by atoms with E-state index in [0.29, 0.717) is 24.6 Å². The van der Waals surface area contributed by atoms with E-state index in [2.05, 4.69) is 37.0 Å². The number of carbonyl (C=O) groups is 2. The highest BCUT2D eigenvalue weighted by molar-refractivity contribution is 5.97. The molecule has 10 nitrogen and oxygen atoms in total. The van der Waals surface area contributed by atoms with E-state index >= 15 is 0 Å². The average molecular weight is 569 g/mol. The molecule has 10 heteroatoms. The predicted molar refractivity (Wildman–Crippen MR) is 159 cm³/mol. The number of hydrogen-bond acceptors (Lipinski definition) is 8. The average Bonchev–Trinajstić information content (AvgIpc) is 3.51. The summed E-state index contributed by atoms with van der Waals surface area (Å²) >= 11 is 0. The molecule has 42 heavy (non-hydrogen) atoms. The Hall–Kier alpha value is -4.23. The maximum Gasteiger partial charge on any atom is 0.410 e. The standard InChI is InChI=1S/C32H36N6O4/c1-21-26-19-35-28(36-29(39)27-16-32(27)9-10-38(20-32)30(40)42-31(2,3)4)15-25(26)22(17-33-21)5-6-23-7-8-24(18-34-23)37-11-13-41-14-12-37/h7-8,15,17-19,27H,9-14,16,20H2,1-4H3,(H,35,36,39). The van der Waals surface area contributed by atoms with Crippen molar-refractivity contribution in [2.75, 3.05) is 49.6 Å². The van der Waals surface area contributed by atoms with Crippen molar-refractivity contribution in [3.63, 3.8) is 0 Å². The predicted octanol–water partition coefficient (Wildman–Crippen LogP) is 4.16. The Balaban J connectivity index is 1.15. The van der Waals surface area contributed by atoms with Gasteiger partial charge in [0.25, 0.3) is 0 Å². The first-order valence-electron chi connectivity index (χ1n) is 14.5. The van der Waals surface area contributed by atoms with Gasteiger partial charge < -0.3 is 24.6 Å². The van der Waals surface area contributed by atoms with Gasteiger partial charge in [-0.05, 0) is 64.7 Å². The van der Waals surface area contributed by atoms with Gasteiger partial charge in [-0.3, -0.25) is 9.78 Å². The molecule has 3 aromatic rings. The zero-order valence-corrected chi connectivity index (χ0v) is 24.6. The molecule has 2 amide bonds. The van der Waals surface area contributed by atoms with E-state index in [4.69, 9.17) is 9.47 Å². The smallest absolute Gasteiger partial charge is 0.410 e. The molecule has 3 aliphatic rings. The third-order valence-electron chi connectivity index (χ3n) is 8.22. The van der Waals surface area contributed by atoms with Crippen molar-refractivity contribution in [1.29, 1.82) is 0 Å². The Kier molecular flexibility index (Phi) is 7.23. The van der Waals surface area contributed by atoms with Crippen LogP contribution in [-0.2, 0) is 14.3 Å². The number of aromatic nitrogens is 3. The van der Waals surface area contributed by atoms with Crippen molar-refractivity contribution in [3.8, 4) is 11.8 Å². The Bertz CT molecular complexity index is 1580. The fourth-order valence-electron chi connectivity index (χ4n) is 5.80. The summed E-state index contributed by atoms with van der Waals surface area (Å²) in [5.74, 6) is 6.61. The molecule has 2 unspecified atom stereocenters. The number of nitrogens with one attached hydrogen (secondary N) is 1. The topological polar surface area (TPSA) is 110 Å². The zero-order chi connectivity index (χ0) is 29.5. The van der Waals surface area contributed by atoms with Gasteiger partial charge in [-0.15, -0.1) is 0 Å². The van der Waals surface area contributed by atoms with Crippen LogP contribution in [0.5, 0.6) is 0 Å². The molecular weight excluding hydrogens is 532 g/mol. The number of anilines is 2. The molecule has 1 aliphatic carbocycles. The van der Waals surface area contributed by atoms with Gasteiger partial charge in [0.1, 0.15) is 17.1 Å². The SMILES string of the molecule is Cc1ncc(C#Cc2ccc(N3CCOCC3)cn2)c2cc(NC(=O)C3CC34CCN(C(=O)OC(C)(C)C)C4)ncc12.